The van der Waals surface area contributed by atoms with Crippen LogP contribution in [-0.4, -0.2) is 37.6 Å². The summed E-state index contributed by atoms with van der Waals surface area (Å²) < 4.78 is 28.3. The van der Waals surface area contributed by atoms with Crippen LogP contribution in [0.3, 0.4) is 0 Å². The van der Waals surface area contributed by atoms with E-state index in [0.717, 1.165) is 39.1 Å². The van der Waals surface area contributed by atoms with Crippen molar-refractivity contribution >= 4 is 5.69 Å². The van der Waals surface area contributed by atoms with Crippen molar-refractivity contribution in [1.82, 2.24) is 4.90 Å². The molecule has 0 unspecified atom stereocenters. The van der Waals surface area contributed by atoms with Gasteiger partial charge < -0.3 is 4.90 Å². The van der Waals surface area contributed by atoms with Crippen molar-refractivity contribution in [3.05, 3.63) is 29.3 Å². The number of rotatable bonds is 6. The molecule has 1 aliphatic rings. The van der Waals surface area contributed by atoms with Crippen LogP contribution in [0.1, 0.15) is 39.2 Å². The van der Waals surface area contributed by atoms with Crippen LogP contribution in [0.4, 0.5) is 14.5 Å². The van der Waals surface area contributed by atoms with E-state index in [2.05, 4.69) is 18.7 Å². The molecule has 0 radical (unpaired) electrons. The minimum atomic E-state index is -0.291. The minimum absolute atomic E-state index is 0.277. The van der Waals surface area contributed by atoms with Gasteiger partial charge in [0.2, 0.25) is 0 Å². The SMILES string of the molecule is CCCc1cc(F)c(N2CCN(CCC(C)C)CC2)cc1F. The van der Waals surface area contributed by atoms with Gasteiger partial charge in [-0.3, -0.25) is 4.90 Å². The van der Waals surface area contributed by atoms with Gasteiger partial charge in [0.15, 0.2) is 0 Å². The average molecular weight is 310 g/mol. The highest BCUT2D eigenvalue weighted by molar-refractivity contribution is 5.50. The third kappa shape index (κ3) is 4.42. The fraction of sp³-hybridized carbons (Fsp3) is 0.667. The summed E-state index contributed by atoms with van der Waals surface area (Å²) in [5.74, 6) is 0.136. The predicted octanol–water partition coefficient (Wildman–Crippen LogP) is 4.09. The summed E-state index contributed by atoms with van der Waals surface area (Å²) in [4.78, 5) is 4.39. The van der Waals surface area contributed by atoms with Crippen molar-refractivity contribution in [2.24, 2.45) is 5.92 Å². The largest absolute Gasteiger partial charge is 0.367 e. The van der Waals surface area contributed by atoms with Gasteiger partial charge in [-0.1, -0.05) is 27.2 Å². The van der Waals surface area contributed by atoms with Crippen molar-refractivity contribution in [3.8, 4) is 0 Å². The normalized spacial score (nSPS) is 16.5. The van der Waals surface area contributed by atoms with Crippen molar-refractivity contribution in [2.45, 2.75) is 40.0 Å². The van der Waals surface area contributed by atoms with Crippen LogP contribution in [0.5, 0.6) is 0 Å². The summed E-state index contributed by atoms with van der Waals surface area (Å²) in [5.41, 5.74) is 0.903. The highest BCUT2D eigenvalue weighted by Gasteiger charge is 2.21. The highest BCUT2D eigenvalue weighted by atomic mass is 19.1. The Morgan fingerprint density at radius 3 is 2.32 bits per heavy atom. The smallest absolute Gasteiger partial charge is 0.146 e. The van der Waals surface area contributed by atoms with Gasteiger partial charge in [0.1, 0.15) is 11.6 Å². The molecule has 1 saturated heterocycles. The van der Waals surface area contributed by atoms with Crippen LogP contribution in [-0.2, 0) is 6.42 Å². The molecular weight excluding hydrogens is 282 g/mol. The topological polar surface area (TPSA) is 6.48 Å². The molecule has 0 aromatic heterocycles. The molecule has 0 spiro atoms. The molecular formula is C18H28F2N2. The van der Waals surface area contributed by atoms with E-state index in [-0.39, 0.29) is 11.6 Å². The van der Waals surface area contributed by atoms with E-state index in [1.165, 1.54) is 18.6 Å². The lowest BCUT2D eigenvalue weighted by atomic mass is 10.1. The summed E-state index contributed by atoms with van der Waals surface area (Å²) in [6.45, 7) is 10.9. The van der Waals surface area contributed by atoms with Crippen LogP contribution in [0.25, 0.3) is 0 Å². The monoisotopic (exact) mass is 310 g/mol. The standard InChI is InChI=1S/C18H28F2N2/c1-4-5-15-12-17(20)18(13-16(15)19)22-10-8-21(9-11-22)7-6-14(2)3/h12-14H,4-11H2,1-3H3. The first-order valence-electron chi connectivity index (χ1n) is 8.46. The van der Waals surface area contributed by atoms with Crippen molar-refractivity contribution in [2.75, 3.05) is 37.6 Å². The summed E-state index contributed by atoms with van der Waals surface area (Å²) in [6.07, 6.45) is 2.60. The lowest BCUT2D eigenvalue weighted by Crippen LogP contribution is -2.47. The number of nitrogens with zero attached hydrogens (tertiary/aromatic N) is 2. The summed E-state index contributed by atoms with van der Waals surface area (Å²) >= 11 is 0. The van der Waals surface area contributed by atoms with Crippen molar-refractivity contribution in [1.29, 1.82) is 0 Å². The molecule has 0 bridgehead atoms. The molecule has 1 aliphatic heterocycles. The second-order valence-electron chi connectivity index (χ2n) is 6.66. The fourth-order valence-electron chi connectivity index (χ4n) is 2.93. The lowest BCUT2D eigenvalue weighted by molar-refractivity contribution is 0.243. The molecule has 1 aromatic rings. The van der Waals surface area contributed by atoms with Crippen LogP contribution in [0.15, 0.2) is 12.1 Å². The second-order valence-corrected chi connectivity index (χ2v) is 6.66. The third-order valence-electron chi connectivity index (χ3n) is 4.37. The Morgan fingerprint density at radius 2 is 1.73 bits per heavy atom. The number of halogens is 2. The Kier molecular flexibility index (Phi) is 6.18. The minimum Gasteiger partial charge on any atom is -0.367 e. The average Bonchev–Trinajstić information content (AvgIpc) is 2.49. The maximum atomic E-state index is 14.3. The second kappa shape index (κ2) is 7.91. The molecule has 2 rings (SSSR count). The van der Waals surface area contributed by atoms with Crippen LogP contribution < -0.4 is 4.90 Å². The lowest BCUT2D eigenvalue weighted by Gasteiger charge is -2.36. The van der Waals surface area contributed by atoms with Crippen molar-refractivity contribution in [3.63, 3.8) is 0 Å². The Hall–Kier alpha value is -1.16. The van der Waals surface area contributed by atoms with Crippen LogP contribution in [0.2, 0.25) is 0 Å². The van der Waals surface area contributed by atoms with E-state index in [4.69, 9.17) is 0 Å². The van der Waals surface area contributed by atoms with E-state index in [0.29, 0.717) is 23.6 Å². The Labute approximate surface area is 133 Å². The summed E-state index contributed by atoms with van der Waals surface area (Å²) in [5, 5.41) is 0. The maximum Gasteiger partial charge on any atom is 0.146 e. The van der Waals surface area contributed by atoms with E-state index in [1.807, 2.05) is 11.8 Å². The Balaban J connectivity index is 1.98. The van der Waals surface area contributed by atoms with E-state index >= 15 is 0 Å². The molecule has 0 N–H and O–H groups in total. The Bertz CT molecular complexity index is 480. The molecule has 1 fully saturated rings. The summed E-state index contributed by atoms with van der Waals surface area (Å²) in [7, 11) is 0. The number of piperazine rings is 1. The van der Waals surface area contributed by atoms with Gasteiger partial charge in [-0.15, -0.1) is 0 Å². The first-order chi connectivity index (χ1) is 10.5. The molecule has 0 amide bonds. The molecule has 124 valence electrons. The molecule has 0 atom stereocenters. The van der Waals surface area contributed by atoms with Crippen molar-refractivity contribution < 1.29 is 8.78 Å². The molecule has 1 heterocycles. The first-order valence-corrected chi connectivity index (χ1v) is 8.46. The zero-order valence-corrected chi connectivity index (χ0v) is 14.0. The first kappa shape index (κ1) is 17.2. The van der Waals surface area contributed by atoms with Crippen LogP contribution in [0, 0.1) is 17.6 Å². The molecule has 22 heavy (non-hydrogen) atoms. The number of hydrogen-bond acceptors (Lipinski definition) is 2. The van der Waals surface area contributed by atoms with Gasteiger partial charge >= 0.3 is 0 Å². The maximum absolute atomic E-state index is 14.3. The fourth-order valence-corrected chi connectivity index (χ4v) is 2.93. The highest BCUT2D eigenvalue weighted by Crippen LogP contribution is 2.25. The van der Waals surface area contributed by atoms with Gasteiger partial charge in [-0.2, -0.15) is 0 Å². The quantitative estimate of drug-likeness (QED) is 0.781. The van der Waals surface area contributed by atoms with E-state index < -0.39 is 0 Å². The van der Waals surface area contributed by atoms with Gasteiger partial charge in [0.05, 0.1) is 5.69 Å². The molecule has 1 aromatic carbocycles. The molecule has 0 aliphatic carbocycles. The van der Waals surface area contributed by atoms with E-state index in [1.54, 1.807) is 0 Å². The number of benzene rings is 1. The van der Waals surface area contributed by atoms with Gasteiger partial charge in [-0.25, -0.2) is 8.78 Å². The third-order valence-corrected chi connectivity index (χ3v) is 4.37. The van der Waals surface area contributed by atoms with Gasteiger partial charge in [-0.05, 0) is 36.9 Å². The van der Waals surface area contributed by atoms with Gasteiger partial charge in [0.25, 0.3) is 0 Å². The predicted molar refractivity (Wildman–Crippen MR) is 88.5 cm³/mol. The number of hydrogen-bond donors (Lipinski definition) is 0. The number of aryl methyl sites for hydroxylation is 1. The summed E-state index contributed by atoms with van der Waals surface area (Å²) in [6, 6.07) is 2.75. The Morgan fingerprint density at radius 1 is 1.05 bits per heavy atom. The molecule has 0 saturated carbocycles. The van der Waals surface area contributed by atoms with Crippen LogP contribution >= 0.6 is 0 Å². The zero-order valence-electron chi connectivity index (χ0n) is 14.0. The molecule has 4 heteroatoms. The number of anilines is 1. The van der Waals surface area contributed by atoms with Gasteiger partial charge in [0, 0.05) is 32.2 Å². The van der Waals surface area contributed by atoms with E-state index in [9.17, 15) is 8.78 Å². The molecule has 2 nitrogen and oxygen atoms in total. The zero-order chi connectivity index (χ0) is 16.1.